The first kappa shape index (κ1) is 25.9. The molecule has 4 atom stereocenters. The Bertz CT molecular complexity index is 1030. The molecule has 34 heavy (non-hydrogen) atoms. The second kappa shape index (κ2) is 10.3. The number of nitrogens with zero attached hydrogens (tertiary/aromatic N) is 1. The van der Waals surface area contributed by atoms with E-state index < -0.39 is 57.6 Å². The number of benzene rings is 1. The number of carbonyl (C=O) groups excluding carboxylic acids is 1. The monoisotopic (exact) mass is 509 g/mol. The SMILES string of the molecule is O=C(NCC1CCC(S(=O)O)C1)NC(c1ccc(C(F)(F)F)cc1)c1ncccc1C(F)(F)F. The highest BCUT2D eigenvalue weighted by molar-refractivity contribution is 7.79. The topological polar surface area (TPSA) is 91.3 Å². The Balaban J connectivity index is 1.83. The molecule has 6 nitrogen and oxygen atoms in total. The van der Waals surface area contributed by atoms with Crippen LogP contribution in [0.2, 0.25) is 0 Å². The lowest BCUT2D eigenvalue weighted by molar-refractivity contribution is -0.139. The normalized spacial score (nSPS) is 20.6. The van der Waals surface area contributed by atoms with Crippen LogP contribution in [0, 0.1) is 5.92 Å². The van der Waals surface area contributed by atoms with E-state index >= 15 is 0 Å². The fourth-order valence-electron chi connectivity index (χ4n) is 3.88. The van der Waals surface area contributed by atoms with Crippen LogP contribution in [-0.2, 0) is 23.4 Å². The Kier molecular flexibility index (Phi) is 7.86. The minimum absolute atomic E-state index is 0.0241. The summed E-state index contributed by atoms with van der Waals surface area (Å²) < 4.78 is 99.9. The standard InChI is InChI=1S/C21H21F6N3O3S/c22-20(23,24)14-6-4-13(5-7-14)17(18-16(21(25,26)27)2-1-9-28-18)30-19(31)29-11-12-3-8-15(10-12)34(32)33/h1-2,4-7,9,12,15,17H,3,8,10-11H2,(H,32,33)(H2,29,30,31). The van der Waals surface area contributed by atoms with Gasteiger partial charge in [-0.2, -0.15) is 26.3 Å². The second-order valence-electron chi connectivity index (χ2n) is 7.92. The van der Waals surface area contributed by atoms with E-state index in [1.165, 1.54) is 0 Å². The maximum atomic E-state index is 13.6. The minimum atomic E-state index is -4.81. The molecule has 1 fully saturated rings. The first-order valence-corrected chi connectivity index (χ1v) is 11.4. The van der Waals surface area contributed by atoms with Gasteiger partial charge in [0.25, 0.3) is 0 Å². The summed E-state index contributed by atoms with van der Waals surface area (Å²) in [6, 6.07) is 2.91. The van der Waals surface area contributed by atoms with Gasteiger partial charge in [0.15, 0.2) is 11.1 Å². The smallest absolute Gasteiger partial charge is 0.338 e. The second-order valence-corrected chi connectivity index (χ2v) is 9.14. The van der Waals surface area contributed by atoms with Crippen LogP contribution < -0.4 is 10.6 Å². The third kappa shape index (κ3) is 6.47. The Hall–Kier alpha value is -2.67. The van der Waals surface area contributed by atoms with Crippen molar-refractivity contribution in [2.45, 2.75) is 42.9 Å². The van der Waals surface area contributed by atoms with E-state index in [9.17, 15) is 39.9 Å². The molecule has 186 valence electrons. The molecule has 0 aliphatic heterocycles. The molecule has 1 aliphatic carbocycles. The summed E-state index contributed by atoms with van der Waals surface area (Å²) in [4.78, 5) is 16.3. The van der Waals surface area contributed by atoms with Gasteiger partial charge in [0.05, 0.1) is 28.1 Å². The number of carbonyl (C=O) groups is 1. The number of halogens is 6. The fourth-order valence-corrected chi connectivity index (χ4v) is 4.65. The molecule has 0 bridgehead atoms. The molecule has 1 aromatic carbocycles. The number of urea groups is 1. The van der Waals surface area contributed by atoms with Crippen LogP contribution in [0.25, 0.3) is 0 Å². The van der Waals surface area contributed by atoms with Gasteiger partial charge in [-0.15, -0.1) is 0 Å². The molecule has 1 saturated carbocycles. The third-order valence-electron chi connectivity index (χ3n) is 5.59. The zero-order valence-electron chi connectivity index (χ0n) is 17.5. The minimum Gasteiger partial charge on any atom is -0.338 e. The summed E-state index contributed by atoms with van der Waals surface area (Å²) in [7, 11) is 0. The Labute approximate surface area is 193 Å². The van der Waals surface area contributed by atoms with Gasteiger partial charge >= 0.3 is 18.4 Å². The summed E-state index contributed by atoms with van der Waals surface area (Å²) in [5, 5.41) is 4.50. The Morgan fingerprint density at radius 1 is 1.09 bits per heavy atom. The molecule has 3 N–H and O–H groups in total. The first-order chi connectivity index (χ1) is 15.9. The van der Waals surface area contributed by atoms with E-state index in [1.807, 2.05) is 0 Å². The maximum Gasteiger partial charge on any atom is 0.418 e. The summed E-state index contributed by atoms with van der Waals surface area (Å²) in [6.45, 7) is 0.119. The molecule has 3 rings (SSSR count). The third-order valence-corrected chi connectivity index (χ3v) is 6.59. The highest BCUT2D eigenvalue weighted by atomic mass is 32.2. The molecule has 1 heterocycles. The van der Waals surface area contributed by atoms with E-state index in [2.05, 4.69) is 15.6 Å². The first-order valence-electron chi connectivity index (χ1n) is 10.2. The molecule has 0 saturated heterocycles. The highest BCUT2D eigenvalue weighted by Gasteiger charge is 2.37. The molecule has 0 radical (unpaired) electrons. The van der Waals surface area contributed by atoms with Gasteiger partial charge in [-0.25, -0.2) is 9.00 Å². The van der Waals surface area contributed by atoms with E-state index in [0.29, 0.717) is 31.4 Å². The number of hydrogen-bond donors (Lipinski definition) is 3. The van der Waals surface area contributed by atoms with Crippen LogP contribution in [0.15, 0.2) is 42.6 Å². The van der Waals surface area contributed by atoms with Crippen molar-refractivity contribution in [1.29, 1.82) is 0 Å². The molecule has 1 aliphatic rings. The quantitative estimate of drug-likeness (QED) is 0.382. The lowest BCUT2D eigenvalue weighted by Crippen LogP contribution is -2.41. The summed E-state index contributed by atoms with van der Waals surface area (Å²) in [5.41, 5.74) is -2.72. The number of pyridine rings is 1. The van der Waals surface area contributed by atoms with Crippen molar-refractivity contribution in [1.82, 2.24) is 15.6 Å². The molecule has 2 aromatic rings. The molecule has 1 aromatic heterocycles. The van der Waals surface area contributed by atoms with E-state index in [1.54, 1.807) is 0 Å². The van der Waals surface area contributed by atoms with Crippen molar-refractivity contribution in [3.63, 3.8) is 0 Å². The number of nitrogens with one attached hydrogen (secondary N) is 2. The average Bonchev–Trinajstić information content (AvgIpc) is 3.24. The molecular weight excluding hydrogens is 488 g/mol. The van der Waals surface area contributed by atoms with Crippen LogP contribution in [0.1, 0.15) is 47.7 Å². The number of alkyl halides is 6. The van der Waals surface area contributed by atoms with Crippen LogP contribution in [0.5, 0.6) is 0 Å². The fraction of sp³-hybridized carbons (Fsp3) is 0.429. The molecule has 13 heteroatoms. The molecule has 4 unspecified atom stereocenters. The van der Waals surface area contributed by atoms with Crippen molar-refractivity contribution in [2.75, 3.05) is 6.54 Å². The number of aromatic nitrogens is 1. The summed E-state index contributed by atoms with van der Waals surface area (Å²) in [6.07, 6.45) is -6.85. The highest BCUT2D eigenvalue weighted by Crippen LogP contribution is 2.36. The van der Waals surface area contributed by atoms with Crippen LogP contribution in [0.3, 0.4) is 0 Å². The van der Waals surface area contributed by atoms with Gasteiger partial charge in [-0.3, -0.25) is 4.98 Å². The van der Waals surface area contributed by atoms with Gasteiger partial charge in [0.2, 0.25) is 0 Å². The lowest BCUT2D eigenvalue weighted by Gasteiger charge is -2.23. The van der Waals surface area contributed by atoms with Crippen molar-refractivity contribution >= 4 is 17.1 Å². The zero-order valence-corrected chi connectivity index (χ0v) is 18.3. The van der Waals surface area contributed by atoms with Crippen LogP contribution in [-0.4, -0.2) is 31.6 Å². The van der Waals surface area contributed by atoms with Gasteiger partial charge < -0.3 is 15.2 Å². The summed E-state index contributed by atoms with van der Waals surface area (Å²) >= 11 is -1.98. The lowest BCUT2D eigenvalue weighted by atomic mass is 9.98. The van der Waals surface area contributed by atoms with Crippen molar-refractivity contribution in [3.05, 3.63) is 65.0 Å². The van der Waals surface area contributed by atoms with Crippen LogP contribution >= 0.6 is 0 Å². The number of hydrogen-bond acceptors (Lipinski definition) is 3. The Morgan fingerprint density at radius 2 is 1.76 bits per heavy atom. The molecular formula is C21H21F6N3O3S. The molecule has 0 spiro atoms. The van der Waals surface area contributed by atoms with Gasteiger partial charge in [0, 0.05) is 12.7 Å². The van der Waals surface area contributed by atoms with E-state index in [0.717, 1.165) is 30.5 Å². The predicted octanol–water partition coefficient (Wildman–Crippen LogP) is 4.90. The van der Waals surface area contributed by atoms with Gasteiger partial charge in [-0.1, -0.05) is 12.1 Å². The van der Waals surface area contributed by atoms with Gasteiger partial charge in [0.1, 0.15) is 0 Å². The summed E-state index contributed by atoms with van der Waals surface area (Å²) in [5.74, 6) is -0.0862. The number of amides is 2. The van der Waals surface area contributed by atoms with Crippen LogP contribution in [0.4, 0.5) is 31.1 Å². The predicted molar refractivity (Wildman–Crippen MR) is 111 cm³/mol. The van der Waals surface area contributed by atoms with Crippen molar-refractivity contribution in [2.24, 2.45) is 5.92 Å². The van der Waals surface area contributed by atoms with E-state index in [-0.39, 0.29) is 18.0 Å². The average molecular weight is 509 g/mol. The van der Waals surface area contributed by atoms with E-state index in [4.69, 9.17) is 0 Å². The Morgan fingerprint density at radius 3 is 2.32 bits per heavy atom. The zero-order chi connectivity index (χ0) is 25.1. The van der Waals surface area contributed by atoms with Gasteiger partial charge in [-0.05, 0) is 55.0 Å². The van der Waals surface area contributed by atoms with Crippen molar-refractivity contribution < 1.29 is 39.9 Å². The number of rotatable bonds is 6. The maximum absolute atomic E-state index is 13.6. The molecule has 2 amide bonds. The largest absolute Gasteiger partial charge is 0.418 e. The van der Waals surface area contributed by atoms with Crippen molar-refractivity contribution in [3.8, 4) is 0 Å².